The summed E-state index contributed by atoms with van der Waals surface area (Å²) in [6.07, 6.45) is -2.65. The van der Waals surface area contributed by atoms with E-state index in [0.29, 0.717) is 0 Å². The molecule has 7 nitrogen and oxygen atoms in total. The molecular weight excluding hydrogens is 316 g/mol. The Morgan fingerprint density at radius 1 is 1.33 bits per heavy atom. The molecule has 130 valence electrons. The minimum absolute atomic E-state index is 0.0540. The van der Waals surface area contributed by atoms with Crippen LogP contribution in [-0.2, 0) is 30.3 Å². The molecule has 0 radical (unpaired) electrons. The minimum atomic E-state index is -1.35. The highest BCUT2D eigenvalue weighted by Gasteiger charge is 2.67. The standard InChI is InChI=1S/C17H20O7/c1-21-13-12(19)14(24-17(8-11(17)18)15(13)22-2)16(20)23-9-10-6-4-3-5-7-10/h3-7,11,14-15,18-19H,8-9H2,1-2H3/t11-,14?,15?,17-/m1/s1. The van der Waals surface area contributed by atoms with Crippen molar-refractivity contribution in [3.8, 4) is 0 Å². The molecule has 1 heterocycles. The molecule has 1 spiro atoms. The molecule has 1 aliphatic heterocycles. The molecule has 0 amide bonds. The predicted molar refractivity (Wildman–Crippen MR) is 81.9 cm³/mol. The molecule has 1 fully saturated rings. The van der Waals surface area contributed by atoms with Gasteiger partial charge >= 0.3 is 5.97 Å². The number of esters is 1. The maximum atomic E-state index is 12.3. The zero-order valence-corrected chi connectivity index (χ0v) is 13.5. The first-order valence-corrected chi connectivity index (χ1v) is 7.59. The minimum Gasteiger partial charge on any atom is -0.506 e. The molecule has 1 aromatic rings. The van der Waals surface area contributed by atoms with Crippen molar-refractivity contribution in [1.82, 2.24) is 0 Å². The third-order valence-corrected chi connectivity index (χ3v) is 4.33. The number of methoxy groups -OCH3 is 2. The first kappa shape index (κ1) is 16.8. The van der Waals surface area contributed by atoms with Crippen molar-refractivity contribution in [2.24, 2.45) is 0 Å². The quantitative estimate of drug-likeness (QED) is 0.777. The summed E-state index contributed by atoms with van der Waals surface area (Å²) in [6.45, 7) is 0.0540. The van der Waals surface area contributed by atoms with E-state index in [9.17, 15) is 15.0 Å². The maximum Gasteiger partial charge on any atom is 0.343 e. The van der Waals surface area contributed by atoms with Crippen LogP contribution in [0.5, 0.6) is 0 Å². The molecule has 2 N–H and O–H groups in total. The Morgan fingerprint density at radius 3 is 2.54 bits per heavy atom. The van der Waals surface area contributed by atoms with Gasteiger partial charge in [-0.1, -0.05) is 30.3 Å². The highest BCUT2D eigenvalue weighted by atomic mass is 16.6. The number of benzene rings is 1. The second-order valence-electron chi connectivity index (χ2n) is 5.84. The lowest BCUT2D eigenvalue weighted by Crippen LogP contribution is -2.49. The third-order valence-electron chi connectivity index (χ3n) is 4.33. The van der Waals surface area contributed by atoms with E-state index in [-0.39, 0.29) is 18.8 Å². The van der Waals surface area contributed by atoms with Crippen LogP contribution in [0, 0.1) is 0 Å². The molecule has 0 aromatic heterocycles. The smallest absolute Gasteiger partial charge is 0.343 e. The van der Waals surface area contributed by atoms with Gasteiger partial charge in [0.05, 0.1) is 13.2 Å². The van der Waals surface area contributed by atoms with Gasteiger partial charge in [0.15, 0.2) is 11.5 Å². The molecule has 1 aliphatic carbocycles. The van der Waals surface area contributed by atoms with Crippen molar-refractivity contribution in [1.29, 1.82) is 0 Å². The zero-order valence-electron chi connectivity index (χ0n) is 13.5. The molecule has 1 aromatic carbocycles. The van der Waals surface area contributed by atoms with Crippen LogP contribution < -0.4 is 0 Å². The molecule has 24 heavy (non-hydrogen) atoms. The Balaban J connectivity index is 1.78. The second kappa shape index (κ2) is 6.43. The fourth-order valence-electron chi connectivity index (χ4n) is 2.96. The van der Waals surface area contributed by atoms with Gasteiger partial charge in [-0.05, 0) is 5.56 Å². The Hall–Kier alpha value is -2.09. The summed E-state index contributed by atoms with van der Waals surface area (Å²) in [6, 6.07) is 9.16. The summed E-state index contributed by atoms with van der Waals surface area (Å²) >= 11 is 0. The zero-order chi connectivity index (χ0) is 17.3. The highest BCUT2D eigenvalue weighted by Crippen LogP contribution is 2.51. The molecular formula is C17H20O7. The summed E-state index contributed by atoms with van der Waals surface area (Å²) in [4.78, 5) is 12.3. The Labute approximate surface area is 139 Å². The Bertz CT molecular complexity index is 642. The van der Waals surface area contributed by atoms with Crippen LogP contribution in [0.3, 0.4) is 0 Å². The molecule has 4 atom stereocenters. The van der Waals surface area contributed by atoms with E-state index in [4.69, 9.17) is 18.9 Å². The summed E-state index contributed by atoms with van der Waals surface area (Å²) in [7, 11) is 2.78. The molecule has 2 aliphatic rings. The van der Waals surface area contributed by atoms with Crippen LogP contribution in [0.1, 0.15) is 12.0 Å². The van der Waals surface area contributed by atoms with Crippen LogP contribution in [0.4, 0.5) is 0 Å². The first-order chi connectivity index (χ1) is 11.5. The van der Waals surface area contributed by atoms with Gasteiger partial charge in [-0.15, -0.1) is 0 Å². The fraction of sp³-hybridized carbons (Fsp3) is 0.471. The summed E-state index contributed by atoms with van der Waals surface area (Å²) < 4.78 is 21.3. The number of ether oxygens (including phenoxy) is 4. The monoisotopic (exact) mass is 336 g/mol. The largest absolute Gasteiger partial charge is 0.506 e. The van der Waals surface area contributed by atoms with Crippen LogP contribution in [-0.4, -0.2) is 54.3 Å². The highest BCUT2D eigenvalue weighted by molar-refractivity contribution is 5.78. The lowest BCUT2D eigenvalue weighted by atomic mass is 10.0. The van der Waals surface area contributed by atoms with Gasteiger partial charge in [-0.25, -0.2) is 4.79 Å². The molecule has 0 saturated heterocycles. The number of aliphatic hydroxyl groups is 2. The van der Waals surface area contributed by atoms with Gasteiger partial charge < -0.3 is 29.2 Å². The summed E-state index contributed by atoms with van der Waals surface area (Å²) in [5.74, 6) is -1.08. The average molecular weight is 336 g/mol. The van der Waals surface area contributed by atoms with Crippen LogP contribution in [0.25, 0.3) is 0 Å². The lowest BCUT2D eigenvalue weighted by Gasteiger charge is -2.35. The maximum absolute atomic E-state index is 12.3. The van der Waals surface area contributed by atoms with Crippen LogP contribution >= 0.6 is 0 Å². The van der Waals surface area contributed by atoms with Gasteiger partial charge in [-0.2, -0.15) is 0 Å². The predicted octanol–water partition coefficient (Wildman–Crippen LogP) is 1.06. The van der Waals surface area contributed by atoms with Crippen LogP contribution in [0.2, 0.25) is 0 Å². The van der Waals surface area contributed by atoms with Gasteiger partial charge in [0, 0.05) is 13.5 Å². The van der Waals surface area contributed by atoms with E-state index in [0.717, 1.165) is 5.56 Å². The van der Waals surface area contributed by atoms with Crippen molar-refractivity contribution in [2.45, 2.75) is 36.9 Å². The SMILES string of the molecule is COC1=C(O)C(C(=O)OCc2ccccc2)O[C@@]2(C[C@H]2O)C1OC. The number of hydrogen-bond acceptors (Lipinski definition) is 7. The number of hydrogen-bond donors (Lipinski definition) is 2. The molecule has 1 saturated carbocycles. The molecule has 7 heteroatoms. The first-order valence-electron chi connectivity index (χ1n) is 7.59. The van der Waals surface area contributed by atoms with E-state index in [1.165, 1.54) is 14.2 Å². The van der Waals surface area contributed by atoms with Crippen molar-refractivity contribution < 1.29 is 34.0 Å². The normalized spacial score (nSPS) is 31.9. The van der Waals surface area contributed by atoms with E-state index in [2.05, 4.69) is 0 Å². The average Bonchev–Trinajstić information content (AvgIpc) is 3.24. The van der Waals surface area contributed by atoms with Crippen molar-refractivity contribution in [2.75, 3.05) is 14.2 Å². The lowest BCUT2D eigenvalue weighted by molar-refractivity contribution is -0.182. The van der Waals surface area contributed by atoms with Gasteiger partial charge in [0.2, 0.25) is 6.10 Å². The number of aliphatic hydroxyl groups excluding tert-OH is 2. The van der Waals surface area contributed by atoms with Crippen LogP contribution in [0.15, 0.2) is 41.9 Å². The van der Waals surface area contributed by atoms with E-state index < -0.39 is 35.6 Å². The molecule has 0 bridgehead atoms. The van der Waals surface area contributed by atoms with Crippen molar-refractivity contribution in [3.05, 3.63) is 47.4 Å². The number of carbonyl (C=O) groups excluding carboxylic acids is 1. The summed E-state index contributed by atoms with van der Waals surface area (Å²) in [5, 5.41) is 20.2. The third kappa shape index (κ3) is 2.75. The number of rotatable bonds is 5. The van der Waals surface area contributed by atoms with E-state index in [1.54, 1.807) is 0 Å². The Kier molecular flexibility index (Phi) is 4.49. The van der Waals surface area contributed by atoms with Gasteiger partial charge in [0.25, 0.3) is 0 Å². The Morgan fingerprint density at radius 2 is 2.00 bits per heavy atom. The number of carbonyl (C=O) groups is 1. The van der Waals surface area contributed by atoms with Gasteiger partial charge in [0.1, 0.15) is 18.3 Å². The van der Waals surface area contributed by atoms with E-state index >= 15 is 0 Å². The van der Waals surface area contributed by atoms with E-state index in [1.807, 2.05) is 30.3 Å². The molecule has 3 rings (SSSR count). The van der Waals surface area contributed by atoms with Crippen molar-refractivity contribution in [3.63, 3.8) is 0 Å². The van der Waals surface area contributed by atoms with Crippen molar-refractivity contribution >= 4 is 5.97 Å². The topological polar surface area (TPSA) is 94.5 Å². The summed E-state index contributed by atoms with van der Waals surface area (Å²) in [5.41, 5.74) is -0.281. The second-order valence-corrected chi connectivity index (χ2v) is 5.84. The fourth-order valence-corrected chi connectivity index (χ4v) is 2.96. The molecule has 2 unspecified atom stereocenters. The van der Waals surface area contributed by atoms with Gasteiger partial charge in [-0.3, -0.25) is 0 Å².